The van der Waals surface area contributed by atoms with Crippen molar-refractivity contribution in [3.05, 3.63) is 93.4 Å². The molecule has 1 aliphatic carbocycles. The van der Waals surface area contributed by atoms with Gasteiger partial charge in [-0.25, -0.2) is 4.99 Å². The molecular formula is C30H30N2OS. The van der Waals surface area contributed by atoms with Gasteiger partial charge in [-0.05, 0) is 79.1 Å². The Labute approximate surface area is 205 Å². The van der Waals surface area contributed by atoms with E-state index in [1.54, 1.807) is 11.3 Å². The highest BCUT2D eigenvalue weighted by Crippen LogP contribution is 2.39. The molecule has 0 bridgehead atoms. The third-order valence-electron chi connectivity index (χ3n) is 6.79. The van der Waals surface area contributed by atoms with Crippen molar-refractivity contribution in [1.82, 2.24) is 0 Å². The number of carbonyl (C=O) groups excluding carboxylic acids is 1. The summed E-state index contributed by atoms with van der Waals surface area (Å²) in [5, 5.41) is 6.34. The van der Waals surface area contributed by atoms with Crippen molar-refractivity contribution < 1.29 is 4.79 Å². The maximum absolute atomic E-state index is 13.6. The summed E-state index contributed by atoms with van der Waals surface area (Å²) < 4.78 is 0. The lowest BCUT2D eigenvalue weighted by atomic mass is 9.96. The van der Waals surface area contributed by atoms with Crippen LogP contribution in [0.2, 0.25) is 0 Å². The first kappa shape index (κ1) is 22.5. The van der Waals surface area contributed by atoms with E-state index in [1.165, 1.54) is 51.6 Å². The molecule has 5 rings (SSSR count). The first-order valence-electron chi connectivity index (χ1n) is 12.1. The molecule has 0 saturated heterocycles. The van der Waals surface area contributed by atoms with Gasteiger partial charge in [0.05, 0.1) is 5.56 Å². The van der Waals surface area contributed by atoms with Crippen LogP contribution in [-0.2, 0) is 12.8 Å². The fraction of sp³-hybridized carbons (Fsp3) is 0.267. The third-order valence-corrected chi connectivity index (χ3v) is 7.99. The van der Waals surface area contributed by atoms with Crippen LogP contribution in [-0.4, -0.2) is 12.1 Å². The molecular weight excluding hydrogens is 436 g/mol. The SMILES string of the molecule is Cc1ccc(NC(=O)c2c(N=Cc3cccc4ccccc34)sc3c2CCCCCC3)cc1C. The summed E-state index contributed by atoms with van der Waals surface area (Å²) in [5.74, 6) is -0.0496. The average Bonchev–Trinajstić information content (AvgIpc) is 3.16. The van der Waals surface area contributed by atoms with E-state index >= 15 is 0 Å². The Kier molecular flexibility index (Phi) is 6.59. The largest absolute Gasteiger partial charge is 0.322 e. The number of hydrogen-bond acceptors (Lipinski definition) is 3. The molecule has 3 nitrogen and oxygen atoms in total. The standard InChI is InChI=1S/C30H30N2OS/c1-20-16-17-24(18-21(20)2)32-29(33)28-26-14-5-3-4-6-15-27(26)34-30(28)31-19-23-12-9-11-22-10-7-8-13-25(22)23/h7-13,16-19H,3-6,14-15H2,1-2H3,(H,32,33). The Morgan fingerprint density at radius 1 is 0.912 bits per heavy atom. The number of benzene rings is 3. The number of thiophene rings is 1. The molecule has 1 aromatic heterocycles. The second-order valence-electron chi connectivity index (χ2n) is 9.18. The lowest BCUT2D eigenvalue weighted by Crippen LogP contribution is -2.14. The highest BCUT2D eigenvalue weighted by atomic mass is 32.1. The molecule has 0 aliphatic heterocycles. The topological polar surface area (TPSA) is 41.5 Å². The van der Waals surface area contributed by atoms with E-state index in [1.807, 2.05) is 18.3 Å². The monoisotopic (exact) mass is 466 g/mol. The molecule has 0 fully saturated rings. The fourth-order valence-electron chi connectivity index (χ4n) is 4.73. The van der Waals surface area contributed by atoms with E-state index < -0.39 is 0 Å². The second-order valence-corrected chi connectivity index (χ2v) is 10.3. The van der Waals surface area contributed by atoms with Gasteiger partial charge in [-0.1, -0.05) is 61.4 Å². The molecule has 1 amide bonds. The molecule has 3 aromatic carbocycles. The number of nitrogens with zero attached hydrogens (tertiary/aromatic N) is 1. The van der Waals surface area contributed by atoms with Crippen LogP contribution in [0.4, 0.5) is 10.7 Å². The molecule has 0 saturated carbocycles. The summed E-state index contributed by atoms with van der Waals surface area (Å²) >= 11 is 1.69. The molecule has 1 heterocycles. The van der Waals surface area contributed by atoms with Crippen LogP contribution >= 0.6 is 11.3 Å². The van der Waals surface area contributed by atoms with Crippen LogP contribution in [0, 0.1) is 13.8 Å². The molecule has 0 spiro atoms. The van der Waals surface area contributed by atoms with E-state index in [9.17, 15) is 4.79 Å². The van der Waals surface area contributed by atoms with Crippen molar-refractivity contribution in [1.29, 1.82) is 0 Å². The molecule has 4 heteroatoms. The highest BCUT2D eigenvalue weighted by Gasteiger charge is 2.24. The minimum atomic E-state index is -0.0496. The maximum Gasteiger partial charge on any atom is 0.259 e. The van der Waals surface area contributed by atoms with Crippen LogP contribution in [0.25, 0.3) is 10.8 Å². The molecule has 0 unspecified atom stereocenters. The Bertz CT molecular complexity index is 1380. The predicted molar refractivity (Wildman–Crippen MR) is 145 cm³/mol. The van der Waals surface area contributed by atoms with E-state index in [2.05, 4.69) is 67.7 Å². The number of hydrogen-bond donors (Lipinski definition) is 1. The number of aliphatic imine (C=N–C) groups is 1. The third kappa shape index (κ3) is 4.69. The zero-order chi connectivity index (χ0) is 23.5. The Morgan fingerprint density at radius 2 is 1.71 bits per heavy atom. The minimum Gasteiger partial charge on any atom is -0.322 e. The van der Waals surface area contributed by atoms with Crippen LogP contribution in [0.1, 0.15) is 63.2 Å². The number of aryl methyl sites for hydroxylation is 3. The maximum atomic E-state index is 13.6. The zero-order valence-corrected chi connectivity index (χ0v) is 20.7. The molecule has 0 radical (unpaired) electrons. The first-order valence-corrected chi connectivity index (χ1v) is 13.0. The fourth-order valence-corrected chi connectivity index (χ4v) is 5.96. The zero-order valence-electron chi connectivity index (χ0n) is 19.9. The molecule has 1 N–H and O–H groups in total. The van der Waals surface area contributed by atoms with Crippen molar-refractivity contribution >= 4 is 44.9 Å². The number of anilines is 1. The predicted octanol–water partition coefficient (Wildman–Crippen LogP) is 8.18. The van der Waals surface area contributed by atoms with Crippen molar-refractivity contribution in [2.24, 2.45) is 4.99 Å². The normalized spacial score (nSPS) is 14.1. The van der Waals surface area contributed by atoms with Crippen LogP contribution in [0.5, 0.6) is 0 Å². The van der Waals surface area contributed by atoms with Crippen LogP contribution < -0.4 is 5.32 Å². The van der Waals surface area contributed by atoms with Gasteiger partial charge in [0.15, 0.2) is 0 Å². The van der Waals surface area contributed by atoms with Gasteiger partial charge in [0.1, 0.15) is 5.00 Å². The number of carbonyl (C=O) groups is 1. The highest BCUT2D eigenvalue weighted by molar-refractivity contribution is 7.16. The summed E-state index contributed by atoms with van der Waals surface area (Å²) in [6.45, 7) is 4.16. The van der Waals surface area contributed by atoms with Gasteiger partial charge in [0.2, 0.25) is 0 Å². The smallest absolute Gasteiger partial charge is 0.259 e. The molecule has 172 valence electrons. The lowest BCUT2D eigenvalue weighted by Gasteiger charge is -2.12. The van der Waals surface area contributed by atoms with Crippen LogP contribution in [0.3, 0.4) is 0 Å². The minimum absolute atomic E-state index is 0.0496. The molecule has 0 atom stereocenters. The van der Waals surface area contributed by atoms with Crippen molar-refractivity contribution in [2.45, 2.75) is 52.4 Å². The van der Waals surface area contributed by atoms with E-state index in [-0.39, 0.29) is 5.91 Å². The number of rotatable bonds is 4. The average molecular weight is 467 g/mol. The summed E-state index contributed by atoms with van der Waals surface area (Å²) in [4.78, 5) is 19.9. The number of fused-ring (bicyclic) bond motifs is 2. The van der Waals surface area contributed by atoms with Gasteiger partial charge < -0.3 is 5.32 Å². The van der Waals surface area contributed by atoms with Crippen LogP contribution in [0.15, 0.2) is 65.7 Å². The Morgan fingerprint density at radius 3 is 2.56 bits per heavy atom. The van der Waals surface area contributed by atoms with Gasteiger partial charge in [0, 0.05) is 22.3 Å². The van der Waals surface area contributed by atoms with Gasteiger partial charge in [0.25, 0.3) is 5.91 Å². The van der Waals surface area contributed by atoms with E-state index in [4.69, 9.17) is 4.99 Å². The summed E-state index contributed by atoms with van der Waals surface area (Å²) in [5.41, 5.74) is 6.27. The quantitative estimate of drug-likeness (QED) is 0.303. The summed E-state index contributed by atoms with van der Waals surface area (Å²) in [6.07, 6.45) is 8.70. The molecule has 1 aliphatic rings. The van der Waals surface area contributed by atoms with Crippen molar-refractivity contribution in [2.75, 3.05) is 5.32 Å². The second kappa shape index (κ2) is 9.94. The van der Waals surface area contributed by atoms with Crippen molar-refractivity contribution in [3.8, 4) is 0 Å². The Balaban J connectivity index is 1.54. The first-order chi connectivity index (χ1) is 16.6. The Hall–Kier alpha value is -3.24. The number of amides is 1. The number of nitrogens with one attached hydrogen (secondary N) is 1. The van der Waals surface area contributed by atoms with Gasteiger partial charge in [-0.3, -0.25) is 4.79 Å². The van der Waals surface area contributed by atoms with Gasteiger partial charge in [-0.2, -0.15) is 0 Å². The summed E-state index contributed by atoms with van der Waals surface area (Å²) in [7, 11) is 0. The van der Waals surface area contributed by atoms with Gasteiger partial charge in [-0.15, -0.1) is 11.3 Å². The van der Waals surface area contributed by atoms with E-state index in [0.29, 0.717) is 0 Å². The van der Waals surface area contributed by atoms with E-state index in [0.717, 1.165) is 41.1 Å². The lowest BCUT2D eigenvalue weighted by molar-refractivity contribution is 0.102. The summed E-state index contributed by atoms with van der Waals surface area (Å²) in [6, 6.07) is 20.7. The molecule has 4 aromatic rings. The van der Waals surface area contributed by atoms with Gasteiger partial charge >= 0.3 is 0 Å². The molecule has 34 heavy (non-hydrogen) atoms. The van der Waals surface area contributed by atoms with Crippen molar-refractivity contribution in [3.63, 3.8) is 0 Å².